The number of benzene rings is 2. The lowest BCUT2D eigenvalue weighted by Crippen LogP contribution is -2.31. The van der Waals surface area contributed by atoms with E-state index in [0.717, 1.165) is 0 Å². The van der Waals surface area contributed by atoms with Crippen molar-refractivity contribution in [3.63, 3.8) is 0 Å². The van der Waals surface area contributed by atoms with E-state index in [4.69, 9.17) is 0 Å². The fourth-order valence-corrected chi connectivity index (χ4v) is 7.44. The molecule has 0 saturated carbocycles. The molecule has 0 heteroatoms. The van der Waals surface area contributed by atoms with Crippen LogP contribution in [0.4, 0.5) is 0 Å². The summed E-state index contributed by atoms with van der Waals surface area (Å²) in [5.41, 5.74) is 13.1. The summed E-state index contributed by atoms with van der Waals surface area (Å²) in [7, 11) is 0. The Morgan fingerprint density at radius 2 is 1.00 bits per heavy atom. The molecular formula is C35H48. The monoisotopic (exact) mass is 468 g/mol. The fraction of sp³-hybridized carbons (Fsp3) is 0.543. The molecule has 35 heavy (non-hydrogen) atoms. The standard InChI is InChI=1S/C35H48/c1-9-15-25-27-17-11-13-19-29(27)33(31(25)21-23(3)4)35(7,8)34-30-20-14-12-18-28(30)26(16-10-2)32(34)22-24(5)6/h11-14,17-20,23-24,33-34H,9-10,15-16,21-22H2,1-8H3. The van der Waals surface area contributed by atoms with E-state index in [2.05, 4.69) is 104 Å². The molecule has 2 aliphatic rings. The molecule has 0 spiro atoms. The summed E-state index contributed by atoms with van der Waals surface area (Å²) in [5.74, 6) is 2.29. The number of hydrogen-bond acceptors (Lipinski definition) is 0. The largest absolute Gasteiger partial charge is 0.0651 e. The van der Waals surface area contributed by atoms with Gasteiger partial charge in [-0.1, -0.05) is 128 Å². The van der Waals surface area contributed by atoms with Gasteiger partial charge in [0.2, 0.25) is 0 Å². The highest BCUT2D eigenvalue weighted by Crippen LogP contribution is 2.63. The van der Waals surface area contributed by atoms with E-state index in [0.29, 0.717) is 23.7 Å². The summed E-state index contributed by atoms with van der Waals surface area (Å²) in [6.07, 6.45) is 7.23. The van der Waals surface area contributed by atoms with Crippen LogP contribution in [0.2, 0.25) is 0 Å². The quantitative estimate of drug-likeness (QED) is 0.325. The Balaban J connectivity index is 1.94. The summed E-state index contributed by atoms with van der Waals surface area (Å²) in [6.45, 7) is 19.5. The van der Waals surface area contributed by atoms with Crippen LogP contribution in [0.1, 0.15) is 128 Å². The Hall–Kier alpha value is -2.08. The lowest BCUT2D eigenvalue weighted by Gasteiger charge is -2.42. The summed E-state index contributed by atoms with van der Waals surface area (Å²) >= 11 is 0. The van der Waals surface area contributed by atoms with Gasteiger partial charge in [-0.15, -0.1) is 0 Å². The predicted molar refractivity (Wildman–Crippen MR) is 155 cm³/mol. The highest BCUT2D eigenvalue weighted by Gasteiger charge is 2.49. The van der Waals surface area contributed by atoms with E-state index in [1.807, 2.05) is 0 Å². The van der Waals surface area contributed by atoms with Gasteiger partial charge in [0.05, 0.1) is 0 Å². The molecule has 0 fully saturated rings. The van der Waals surface area contributed by atoms with Crippen molar-refractivity contribution in [2.45, 2.75) is 106 Å². The van der Waals surface area contributed by atoms with Gasteiger partial charge in [-0.25, -0.2) is 0 Å². The van der Waals surface area contributed by atoms with Crippen LogP contribution in [-0.2, 0) is 0 Å². The maximum atomic E-state index is 2.60. The zero-order valence-corrected chi connectivity index (χ0v) is 23.7. The molecule has 2 aromatic carbocycles. The Kier molecular flexibility index (Phi) is 7.80. The summed E-state index contributed by atoms with van der Waals surface area (Å²) in [5, 5.41) is 0. The van der Waals surface area contributed by atoms with E-state index in [9.17, 15) is 0 Å². The van der Waals surface area contributed by atoms with Gasteiger partial charge >= 0.3 is 0 Å². The fourth-order valence-electron chi connectivity index (χ4n) is 7.44. The molecule has 0 N–H and O–H groups in total. The normalized spacial score (nSPS) is 19.8. The minimum absolute atomic E-state index is 0.103. The summed E-state index contributed by atoms with van der Waals surface area (Å²) < 4.78 is 0. The first-order chi connectivity index (χ1) is 16.7. The second kappa shape index (κ2) is 10.5. The third-order valence-electron chi connectivity index (χ3n) is 8.41. The summed E-state index contributed by atoms with van der Waals surface area (Å²) in [6, 6.07) is 18.8. The molecule has 0 nitrogen and oxygen atoms in total. The highest BCUT2D eigenvalue weighted by atomic mass is 14.5. The molecule has 0 bridgehead atoms. The van der Waals surface area contributed by atoms with Crippen molar-refractivity contribution in [1.82, 2.24) is 0 Å². The van der Waals surface area contributed by atoms with E-state index in [1.54, 1.807) is 33.4 Å². The molecular weight excluding hydrogens is 420 g/mol. The molecule has 2 unspecified atom stereocenters. The third kappa shape index (κ3) is 4.71. The van der Waals surface area contributed by atoms with Crippen molar-refractivity contribution < 1.29 is 0 Å². The third-order valence-corrected chi connectivity index (χ3v) is 8.41. The minimum atomic E-state index is 0.103. The maximum Gasteiger partial charge on any atom is 0.0120 e. The lowest BCUT2D eigenvalue weighted by atomic mass is 9.61. The van der Waals surface area contributed by atoms with Crippen LogP contribution in [0.3, 0.4) is 0 Å². The van der Waals surface area contributed by atoms with E-state index in [1.165, 1.54) is 49.7 Å². The number of hydrogen-bond donors (Lipinski definition) is 0. The molecule has 0 radical (unpaired) electrons. The van der Waals surface area contributed by atoms with Crippen LogP contribution < -0.4 is 0 Å². The van der Waals surface area contributed by atoms with Crippen molar-refractivity contribution in [3.05, 3.63) is 81.9 Å². The van der Waals surface area contributed by atoms with Crippen LogP contribution in [0.25, 0.3) is 11.1 Å². The number of allylic oxidation sites excluding steroid dienone is 4. The van der Waals surface area contributed by atoms with Gasteiger partial charge in [-0.05, 0) is 76.3 Å². The SMILES string of the molecule is CCCC1=C(CC(C)C)C(C(C)(C)C2C(CC(C)C)=C(CCC)c3ccccc32)c2ccccc21. The first-order valence-electron chi connectivity index (χ1n) is 14.3. The summed E-state index contributed by atoms with van der Waals surface area (Å²) in [4.78, 5) is 0. The molecule has 4 rings (SSSR count). The smallest absolute Gasteiger partial charge is 0.0120 e. The van der Waals surface area contributed by atoms with E-state index < -0.39 is 0 Å². The average molecular weight is 469 g/mol. The van der Waals surface area contributed by atoms with Gasteiger partial charge in [0, 0.05) is 11.8 Å². The van der Waals surface area contributed by atoms with Gasteiger partial charge in [0.1, 0.15) is 0 Å². The van der Waals surface area contributed by atoms with Gasteiger partial charge < -0.3 is 0 Å². The van der Waals surface area contributed by atoms with Crippen molar-refractivity contribution in [3.8, 4) is 0 Å². The molecule has 0 amide bonds. The maximum absolute atomic E-state index is 2.60. The number of fused-ring (bicyclic) bond motifs is 2. The Bertz CT molecular complexity index is 1020. The van der Waals surface area contributed by atoms with E-state index in [-0.39, 0.29) is 5.41 Å². The van der Waals surface area contributed by atoms with Gasteiger partial charge in [0.15, 0.2) is 0 Å². The van der Waals surface area contributed by atoms with Crippen LogP contribution in [0.15, 0.2) is 59.7 Å². The number of rotatable bonds is 10. The first-order valence-corrected chi connectivity index (χ1v) is 14.3. The molecule has 0 saturated heterocycles. The Morgan fingerprint density at radius 3 is 1.34 bits per heavy atom. The van der Waals surface area contributed by atoms with Crippen LogP contribution in [0.5, 0.6) is 0 Å². The van der Waals surface area contributed by atoms with Gasteiger partial charge in [-0.3, -0.25) is 0 Å². The Labute approximate surface area is 215 Å². The first kappa shape index (κ1) is 26.0. The highest BCUT2D eigenvalue weighted by molar-refractivity contribution is 5.81. The second-order valence-corrected chi connectivity index (χ2v) is 12.6. The van der Waals surface area contributed by atoms with Crippen molar-refractivity contribution in [2.24, 2.45) is 17.3 Å². The lowest BCUT2D eigenvalue weighted by molar-refractivity contribution is 0.262. The van der Waals surface area contributed by atoms with E-state index >= 15 is 0 Å². The molecule has 2 aromatic rings. The molecule has 188 valence electrons. The zero-order valence-electron chi connectivity index (χ0n) is 23.7. The van der Waals surface area contributed by atoms with Crippen LogP contribution >= 0.6 is 0 Å². The second-order valence-electron chi connectivity index (χ2n) is 12.6. The van der Waals surface area contributed by atoms with Crippen molar-refractivity contribution in [2.75, 3.05) is 0 Å². The van der Waals surface area contributed by atoms with Crippen molar-refractivity contribution in [1.29, 1.82) is 0 Å². The van der Waals surface area contributed by atoms with Crippen LogP contribution in [0, 0.1) is 17.3 Å². The van der Waals surface area contributed by atoms with Crippen LogP contribution in [-0.4, -0.2) is 0 Å². The minimum Gasteiger partial charge on any atom is -0.0651 e. The topological polar surface area (TPSA) is 0 Å². The zero-order chi connectivity index (χ0) is 25.3. The Morgan fingerprint density at radius 1 is 0.629 bits per heavy atom. The molecule has 0 aliphatic heterocycles. The van der Waals surface area contributed by atoms with Crippen molar-refractivity contribution >= 4 is 11.1 Å². The predicted octanol–water partition coefficient (Wildman–Crippen LogP) is 10.8. The van der Waals surface area contributed by atoms with Gasteiger partial charge in [0.25, 0.3) is 0 Å². The molecule has 0 heterocycles. The molecule has 2 atom stereocenters. The molecule has 0 aromatic heterocycles. The average Bonchev–Trinajstić information content (AvgIpc) is 3.27. The molecule has 2 aliphatic carbocycles. The van der Waals surface area contributed by atoms with Gasteiger partial charge in [-0.2, -0.15) is 0 Å².